The van der Waals surface area contributed by atoms with Crippen LogP contribution in [0, 0.1) is 11.6 Å². The molecule has 22 heavy (non-hydrogen) atoms. The predicted octanol–water partition coefficient (Wildman–Crippen LogP) is 3.38. The molecule has 0 unspecified atom stereocenters. The number of phenols is 2. The molecule has 4 nitrogen and oxygen atoms in total. The summed E-state index contributed by atoms with van der Waals surface area (Å²) in [5, 5.41) is 18.7. The second kappa shape index (κ2) is 6.26. The van der Waals surface area contributed by atoms with Crippen molar-refractivity contribution in [2.24, 2.45) is 11.5 Å². The second-order valence-electron chi connectivity index (χ2n) is 4.64. The van der Waals surface area contributed by atoms with Crippen LogP contribution in [0.2, 0.25) is 10.0 Å². The first-order chi connectivity index (χ1) is 10.3. The average molecular weight is 349 g/mol. The normalized spacial score (nSPS) is 13.9. The topological polar surface area (TPSA) is 92.5 Å². The van der Waals surface area contributed by atoms with Gasteiger partial charge in [-0.05, 0) is 24.3 Å². The van der Waals surface area contributed by atoms with E-state index >= 15 is 0 Å². The highest BCUT2D eigenvalue weighted by Gasteiger charge is 2.29. The third kappa shape index (κ3) is 2.83. The molecule has 0 amide bonds. The lowest BCUT2D eigenvalue weighted by atomic mass is 9.93. The summed E-state index contributed by atoms with van der Waals surface area (Å²) in [6.45, 7) is 0. The summed E-state index contributed by atoms with van der Waals surface area (Å²) in [6, 6.07) is 1.99. The van der Waals surface area contributed by atoms with Crippen molar-refractivity contribution in [3.8, 4) is 11.5 Å². The van der Waals surface area contributed by atoms with E-state index in [4.69, 9.17) is 34.7 Å². The molecule has 6 N–H and O–H groups in total. The summed E-state index contributed by atoms with van der Waals surface area (Å²) >= 11 is 11.8. The highest BCUT2D eigenvalue weighted by atomic mass is 35.5. The van der Waals surface area contributed by atoms with Crippen molar-refractivity contribution in [2.45, 2.75) is 12.1 Å². The molecule has 2 atom stereocenters. The molecule has 0 bridgehead atoms. The van der Waals surface area contributed by atoms with Gasteiger partial charge >= 0.3 is 0 Å². The van der Waals surface area contributed by atoms with Gasteiger partial charge in [0.2, 0.25) is 0 Å². The number of benzene rings is 2. The van der Waals surface area contributed by atoms with E-state index in [0.29, 0.717) is 0 Å². The molecule has 0 aliphatic heterocycles. The van der Waals surface area contributed by atoms with E-state index in [9.17, 15) is 19.0 Å². The summed E-state index contributed by atoms with van der Waals surface area (Å²) in [5.41, 5.74) is 11.2. The number of nitrogens with two attached hydrogens (primary N) is 2. The first-order valence-corrected chi connectivity index (χ1v) is 6.86. The van der Waals surface area contributed by atoms with Crippen LogP contribution < -0.4 is 11.5 Å². The lowest BCUT2D eigenvalue weighted by molar-refractivity contribution is 0.411. The van der Waals surface area contributed by atoms with Gasteiger partial charge < -0.3 is 21.7 Å². The van der Waals surface area contributed by atoms with Crippen molar-refractivity contribution < 1.29 is 19.0 Å². The maximum absolute atomic E-state index is 14.0. The smallest absolute Gasteiger partial charge is 0.171 e. The fraction of sp³-hybridized carbons (Fsp3) is 0.143. The number of halogens is 4. The first-order valence-electron chi connectivity index (χ1n) is 6.10. The van der Waals surface area contributed by atoms with Gasteiger partial charge in [-0.25, -0.2) is 8.78 Å². The molecule has 0 aromatic heterocycles. The zero-order valence-electron chi connectivity index (χ0n) is 11.0. The van der Waals surface area contributed by atoms with Crippen molar-refractivity contribution >= 4 is 23.2 Å². The maximum Gasteiger partial charge on any atom is 0.171 e. The molecule has 0 saturated heterocycles. The van der Waals surface area contributed by atoms with E-state index in [-0.39, 0.29) is 21.2 Å². The number of phenolic OH excluding ortho intramolecular Hbond substituents is 2. The van der Waals surface area contributed by atoms with Crippen molar-refractivity contribution in [2.75, 3.05) is 0 Å². The zero-order chi connectivity index (χ0) is 16.6. The molecule has 2 aromatic carbocycles. The minimum Gasteiger partial charge on any atom is -0.505 e. The molecule has 0 radical (unpaired) electrons. The van der Waals surface area contributed by atoms with Crippen LogP contribution >= 0.6 is 23.2 Å². The number of hydrogen-bond acceptors (Lipinski definition) is 4. The molecule has 0 aliphatic carbocycles. The lowest BCUT2D eigenvalue weighted by Gasteiger charge is -2.23. The molecule has 0 heterocycles. The van der Waals surface area contributed by atoms with Gasteiger partial charge in [0.15, 0.2) is 23.1 Å². The summed E-state index contributed by atoms with van der Waals surface area (Å²) in [6.07, 6.45) is 0. The maximum atomic E-state index is 14.0. The summed E-state index contributed by atoms with van der Waals surface area (Å²) in [7, 11) is 0. The van der Waals surface area contributed by atoms with Gasteiger partial charge in [0.1, 0.15) is 0 Å². The fourth-order valence-electron chi connectivity index (χ4n) is 2.09. The third-order valence-corrected chi connectivity index (χ3v) is 3.93. The van der Waals surface area contributed by atoms with E-state index in [2.05, 4.69) is 0 Å². The van der Waals surface area contributed by atoms with Crippen LogP contribution in [-0.4, -0.2) is 10.2 Å². The first kappa shape index (κ1) is 16.8. The van der Waals surface area contributed by atoms with E-state index in [1.165, 1.54) is 12.1 Å². The van der Waals surface area contributed by atoms with Crippen LogP contribution in [-0.2, 0) is 0 Å². The Balaban J connectivity index is 2.54. The molecule has 8 heteroatoms. The lowest BCUT2D eigenvalue weighted by Crippen LogP contribution is -2.28. The van der Waals surface area contributed by atoms with Crippen LogP contribution in [0.1, 0.15) is 23.2 Å². The zero-order valence-corrected chi connectivity index (χ0v) is 12.5. The Labute approximate surface area is 134 Å². The Bertz CT molecular complexity index is 667. The molecule has 0 fully saturated rings. The Morgan fingerprint density at radius 3 is 1.41 bits per heavy atom. The minimum absolute atomic E-state index is 0.0741. The second-order valence-corrected chi connectivity index (χ2v) is 5.45. The van der Waals surface area contributed by atoms with Gasteiger partial charge in [0.05, 0.1) is 12.1 Å². The van der Waals surface area contributed by atoms with E-state index < -0.39 is 35.2 Å². The SMILES string of the molecule is N[C@@H](c1c(Cl)ccc(O)c1F)[C@@H](N)c1c(Cl)ccc(O)c1F. The monoisotopic (exact) mass is 348 g/mol. The quantitative estimate of drug-likeness (QED) is 0.684. The Morgan fingerprint density at radius 2 is 1.09 bits per heavy atom. The predicted molar refractivity (Wildman–Crippen MR) is 80.0 cm³/mol. The summed E-state index contributed by atoms with van der Waals surface area (Å²) < 4.78 is 28.0. The largest absolute Gasteiger partial charge is 0.505 e. The van der Waals surface area contributed by atoms with Gasteiger partial charge in [0.25, 0.3) is 0 Å². The van der Waals surface area contributed by atoms with Crippen molar-refractivity contribution in [1.29, 1.82) is 0 Å². The van der Waals surface area contributed by atoms with Crippen LogP contribution in [0.4, 0.5) is 8.78 Å². The van der Waals surface area contributed by atoms with Gasteiger partial charge in [-0.2, -0.15) is 0 Å². The van der Waals surface area contributed by atoms with Gasteiger partial charge in [-0.3, -0.25) is 0 Å². The molecule has 2 aromatic rings. The van der Waals surface area contributed by atoms with Crippen LogP contribution in [0.15, 0.2) is 24.3 Å². The Kier molecular flexibility index (Phi) is 4.77. The van der Waals surface area contributed by atoms with Crippen molar-refractivity contribution in [3.05, 3.63) is 57.1 Å². The highest BCUT2D eigenvalue weighted by Crippen LogP contribution is 2.39. The standard InChI is InChI=1S/C14H12Cl2F2N2O2/c15-5-1-3-7(21)11(17)9(5)13(19)14(20)10-6(16)2-4-8(22)12(10)18/h1-4,13-14,21-22H,19-20H2/t13-,14-/m0/s1. The summed E-state index contributed by atoms with van der Waals surface area (Å²) in [4.78, 5) is 0. The van der Waals surface area contributed by atoms with E-state index in [0.717, 1.165) is 12.1 Å². The Hall–Kier alpha value is -1.60. The van der Waals surface area contributed by atoms with Gasteiger partial charge in [-0.1, -0.05) is 23.2 Å². The molecule has 0 aliphatic rings. The number of rotatable bonds is 3. The number of hydrogen-bond donors (Lipinski definition) is 4. The minimum atomic E-state index is -1.30. The average Bonchev–Trinajstić information content (AvgIpc) is 2.47. The molecular formula is C14H12Cl2F2N2O2. The summed E-state index contributed by atoms with van der Waals surface area (Å²) in [5.74, 6) is -3.42. The van der Waals surface area contributed by atoms with Crippen molar-refractivity contribution in [1.82, 2.24) is 0 Å². The van der Waals surface area contributed by atoms with Gasteiger partial charge in [0, 0.05) is 21.2 Å². The number of aromatic hydroxyl groups is 2. The van der Waals surface area contributed by atoms with Crippen molar-refractivity contribution in [3.63, 3.8) is 0 Å². The molecule has 118 valence electrons. The molecular weight excluding hydrogens is 337 g/mol. The molecule has 2 rings (SSSR count). The van der Waals surface area contributed by atoms with E-state index in [1.807, 2.05) is 0 Å². The third-order valence-electron chi connectivity index (χ3n) is 3.27. The highest BCUT2D eigenvalue weighted by molar-refractivity contribution is 6.32. The van der Waals surface area contributed by atoms with Crippen LogP contribution in [0.5, 0.6) is 11.5 Å². The fourth-order valence-corrected chi connectivity index (χ4v) is 2.63. The van der Waals surface area contributed by atoms with Gasteiger partial charge in [-0.15, -0.1) is 0 Å². The molecule has 0 spiro atoms. The molecule has 0 saturated carbocycles. The van der Waals surface area contributed by atoms with E-state index in [1.54, 1.807) is 0 Å². The van der Waals surface area contributed by atoms with Crippen LogP contribution in [0.3, 0.4) is 0 Å². The Morgan fingerprint density at radius 1 is 0.773 bits per heavy atom. The van der Waals surface area contributed by atoms with Crippen LogP contribution in [0.25, 0.3) is 0 Å².